The van der Waals surface area contributed by atoms with Crippen LogP contribution in [0.2, 0.25) is 0 Å². The largest absolute Gasteiger partial charge is 0.321 e. The SMILES string of the molecule is NC(Cc1ccc(Br)cn1)c1ncccn1. The lowest BCUT2D eigenvalue weighted by Gasteiger charge is -2.08. The van der Waals surface area contributed by atoms with Crippen molar-refractivity contribution in [3.05, 3.63) is 52.8 Å². The van der Waals surface area contributed by atoms with Crippen molar-refractivity contribution in [3.8, 4) is 0 Å². The summed E-state index contributed by atoms with van der Waals surface area (Å²) in [5.74, 6) is 0.646. The van der Waals surface area contributed by atoms with Crippen LogP contribution in [-0.4, -0.2) is 15.0 Å². The molecular weight excluding hydrogens is 268 g/mol. The first kappa shape index (κ1) is 11.2. The van der Waals surface area contributed by atoms with E-state index in [-0.39, 0.29) is 6.04 Å². The van der Waals surface area contributed by atoms with Crippen molar-refractivity contribution in [1.82, 2.24) is 15.0 Å². The number of nitrogens with two attached hydrogens (primary N) is 1. The van der Waals surface area contributed by atoms with Crippen molar-refractivity contribution in [3.63, 3.8) is 0 Å². The Morgan fingerprint density at radius 2 is 1.94 bits per heavy atom. The van der Waals surface area contributed by atoms with Crippen LogP contribution in [0.1, 0.15) is 17.6 Å². The van der Waals surface area contributed by atoms with Gasteiger partial charge in [-0.05, 0) is 34.1 Å². The second-order valence-corrected chi connectivity index (χ2v) is 4.30. The monoisotopic (exact) mass is 278 g/mol. The van der Waals surface area contributed by atoms with Gasteiger partial charge < -0.3 is 5.73 Å². The Bertz CT molecular complexity index is 443. The second-order valence-electron chi connectivity index (χ2n) is 3.39. The molecule has 2 aromatic heterocycles. The van der Waals surface area contributed by atoms with Gasteiger partial charge in [-0.3, -0.25) is 4.98 Å². The fourth-order valence-electron chi connectivity index (χ4n) is 1.35. The number of hydrogen-bond acceptors (Lipinski definition) is 4. The lowest BCUT2D eigenvalue weighted by atomic mass is 10.1. The molecule has 16 heavy (non-hydrogen) atoms. The third kappa shape index (κ3) is 2.84. The molecule has 0 amide bonds. The summed E-state index contributed by atoms with van der Waals surface area (Å²) in [6.07, 6.45) is 5.78. The first-order valence-corrected chi connectivity index (χ1v) is 5.68. The molecule has 1 unspecified atom stereocenters. The van der Waals surface area contributed by atoms with Crippen molar-refractivity contribution in [1.29, 1.82) is 0 Å². The van der Waals surface area contributed by atoms with Gasteiger partial charge in [0.15, 0.2) is 0 Å². The molecule has 0 bridgehead atoms. The van der Waals surface area contributed by atoms with Gasteiger partial charge in [0.2, 0.25) is 0 Å². The maximum Gasteiger partial charge on any atom is 0.145 e. The average Bonchev–Trinajstić information content (AvgIpc) is 2.33. The first-order chi connectivity index (χ1) is 7.75. The summed E-state index contributed by atoms with van der Waals surface area (Å²) in [7, 11) is 0. The third-order valence-corrected chi connectivity index (χ3v) is 2.60. The molecule has 2 rings (SSSR count). The predicted octanol–water partition coefficient (Wildman–Crippen LogP) is 1.88. The quantitative estimate of drug-likeness (QED) is 0.931. The van der Waals surface area contributed by atoms with Gasteiger partial charge in [-0.15, -0.1) is 0 Å². The van der Waals surface area contributed by atoms with Crippen molar-refractivity contribution in [2.75, 3.05) is 0 Å². The Labute approximate surface area is 102 Å². The van der Waals surface area contributed by atoms with E-state index >= 15 is 0 Å². The first-order valence-electron chi connectivity index (χ1n) is 4.88. The lowest BCUT2D eigenvalue weighted by molar-refractivity contribution is 0.656. The van der Waals surface area contributed by atoms with Gasteiger partial charge in [0, 0.05) is 35.2 Å². The summed E-state index contributed by atoms with van der Waals surface area (Å²) >= 11 is 3.34. The molecule has 0 aliphatic rings. The molecular formula is C11H11BrN4. The van der Waals surface area contributed by atoms with E-state index < -0.39 is 0 Å². The highest BCUT2D eigenvalue weighted by Crippen LogP contribution is 2.12. The Kier molecular flexibility index (Phi) is 3.58. The maximum absolute atomic E-state index is 5.99. The van der Waals surface area contributed by atoms with E-state index in [1.807, 2.05) is 12.1 Å². The molecule has 5 heteroatoms. The van der Waals surface area contributed by atoms with E-state index in [1.165, 1.54) is 0 Å². The summed E-state index contributed by atoms with van der Waals surface area (Å²) in [6.45, 7) is 0. The van der Waals surface area contributed by atoms with Gasteiger partial charge in [0.1, 0.15) is 5.82 Å². The van der Waals surface area contributed by atoms with Gasteiger partial charge in [0.25, 0.3) is 0 Å². The van der Waals surface area contributed by atoms with Crippen molar-refractivity contribution in [2.45, 2.75) is 12.5 Å². The number of nitrogens with zero attached hydrogens (tertiary/aromatic N) is 3. The van der Waals surface area contributed by atoms with Crippen molar-refractivity contribution in [2.24, 2.45) is 5.73 Å². The van der Waals surface area contributed by atoms with E-state index in [2.05, 4.69) is 30.9 Å². The molecule has 0 spiro atoms. The molecule has 0 aliphatic carbocycles. The summed E-state index contributed by atoms with van der Waals surface area (Å²) < 4.78 is 0.959. The van der Waals surface area contributed by atoms with E-state index in [4.69, 9.17) is 5.73 Å². The zero-order valence-corrected chi connectivity index (χ0v) is 10.1. The maximum atomic E-state index is 5.99. The molecule has 0 radical (unpaired) electrons. The van der Waals surface area contributed by atoms with Crippen LogP contribution < -0.4 is 5.73 Å². The van der Waals surface area contributed by atoms with Gasteiger partial charge in [-0.25, -0.2) is 9.97 Å². The number of halogens is 1. The van der Waals surface area contributed by atoms with Crippen LogP contribution in [0.3, 0.4) is 0 Å². The van der Waals surface area contributed by atoms with Crippen molar-refractivity contribution < 1.29 is 0 Å². The summed E-state index contributed by atoms with van der Waals surface area (Å²) in [5.41, 5.74) is 6.92. The Morgan fingerprint density at radius 3 is 2.56 bits per heavy atom. The normalized spacial score (nSPS) is 12.4. The van der Waals surface area contributed by atoms with Crippen LogP contribution in [0.4, 0.5) is 0 Å². The molecule has 0 saturated heterocycles. The highest BCUT2D eigenvalue weighted by molar-refractivity contribution is 9.10. The Morgan fingerprint density at radius 1 is 1.19 bits per heavy atom. The highest BCUT2D eigenvalue weighted by atomic mass is 79.9. The van der Waals surface area contributed by atoms with E-state index in [0.717, 1.165) is 10.2 Å². The topological polar surface area (TPSA) is 64.7 Å². The summed E-state index contributed by atoms with van der Waals surface area (Å²) in [6, 6.07) is 5.44. The zero-order chi connectivity index (χ0) is 11.4. The number of aromatic nitrogens is 3. The number of pyridine rings is 1. The number of hydrogen-bond donors (Lipinski definition) is 1. The van der Waals surface area contributed by atoms with Gasteiger partial charge in [0.05, 0.1) is 6.04 Å². The molecule has 2 N–H and O–H groups in total. The summed E-state index contributed by atoms with van der Waals surface area (Å²) in [4.78, 5) is 12.5. The van der Waals surface area contributed by atoms with Gasteiger partial charge >= 0.3 is 0 Å². The van der Waals surface area contributed by atoms with E-state index in [1.54, 1.807) is 24.7 Å². The Balaban J connectivity index is 2.08. The van der Waals surface area contributed by atoms with Crippen LogP contribution in [0.15, 0.2) is 41.3 Å². The minimum absolute atomic E-state index is 0.213. The zero-order valence-electron chi connectivity index (χ0n) is 8.55. The van der Waals surface area contributed by atoms with Crippen LogP contribution in [0.5, 0.6) is 0 Å². The predicted molar refractivity (Wildman–Crippen MR) is 64.6 cm³/mol. The van der Waals surface area contributed by atoms with Gasteiger partial charge in [-0.1, -0.05) is 0 Å². The highest BCUT2D eigenvalue weighted by Gasteiger charge is 2.09. The molecule has 1 atom stereocenters. The second kappa shape index (κ2) is 5.14. The Hall–Kier alpha value is -1.33. The standard InChI is InChI=1S/C11H11BrN4/c12-8-2-3-9(16-7-8)6-10(13)11-14-4-1-5-15-11/h1-5,7,10H,6,13H2. The van der Waals surface area contributed by atoms with E-state index in [0.29, 0.717) is 12.2 Å². The molecule has 0 aliphatic heterocycles. The van der Waals surface area contributed by atoms with Gasteiger partial charge in [-0.2, -0.15) is 0 Å². The van der Waals surface area contributed by atoms with Crippen LogP contribution >= 0.6 is 15.9 Å². The smallest absolute Gasteiger partial charge is 0.145 e. The molecule has 2 aromatic rings. The fraction of sp³-hybridized carbons (Fsp3) is 0.182. The molecule has 2 heterocycles. The molecule has 0 saturated carbocycles. The van der Waals surface area contributed by atoms with Crippen LogP contribution in [0, 0.1) is 0 Å². The lowest BCUT2D eigenvalue weighted by Crippen LogP contribution is -2.16. The van der Waals surface area contributed by atoms with E-state index in [9.17, 15) is 0 Å². The minimum Gasteiger partial charge on any atom is -0.321 e. The van der Waals surface area contributed by atoms with Crippen LogP contribution in [-0.2, 0) is 6.42 Å². The fourth-order valence-corrected chi connectivity index (χ4v) is 1.58. The van der Waals surface area contributed by atoms with Crippen LogP contribution in [0.25, 0.3) is 0 Å². The molecule has 0 fully saturated rings. The molecule has 0 aromatic carbocycles. The molecule has 82 valence electrons. The minimum atomic E-state index is -0.213. The van der Waals surface area contributed by atoms with Crippen molar-refractivity contribution >= 4 is 15.9 Å². The third-order valence-electron chi connectivity index (χ3n) is 2.14. The molecule has 4 nitrogen and oxygen atoms in total. The summed E-state index contributed by atoms with van der Waals surface area (Å²) in [5, 5.41) is 0. The average molecular weight is 279 g/mol. The number of rotatable bonds is 3.